The Balaban J connectivity index is 2.65. The van der Waals surface area contributed by atoms with Crippen molar-refractivity contribution in [2.24, 2.45) is 0 Å². The standard InChI is InChI=1S/C12H7N3O7/c16-13(17)9-6-7-10(22-8-4-2-1-3-5-8)12(15(20)21)11(9)14(18)19/h1-7H. The Morgan fingerprint density at radius 3 is 1.82 bits per heavy atom. The molecule has 0 aliphatic carbocycles. The van der Waals surface area contributed by atoms with Gasteiger partial charge in [-0.05, 0) is 18.2 Å². The fourth-order valence-corrected chi connectivity index (χ4v) is 1.75. The van der Waals surface area contributed by atoms with E-state index >= 15 is 0 Å². The highest BCUT2D eigenvalue weighted by Gasteiger charge is 2.39. The number of para-hydroxylation sites is 1. The third kappa shape index (κ3) is 2.80. The average molecular weight is 305 g/mol. The quantitative estimate of drug-likeness (QED) is 0.610. The van der Waals surface area contributed by atoms with Crippen molar-refractivity contribution in [2.45, 2.75) is 0 Å². The molecule has 0 atom stereocenters. The lowest BCUT2D eigenvalue weighted by atomic mass is 10.2. The Kier molecular flexibility index (Phi) is 3.93. The highest BCUT2D eigenvalue weighted by molar-refractivity contribution is 5.72. The van der Waals surface area contributed by atoms with E-state index in [9.17, 15) is 30.3 Å². The van der Waals surface area contributed by atoms with Crippen LogP contribution in [0.4, 0.5) is 17.1 Å². The zero-order valence-electron chi connectivity index (χ0n) is 10.7. The molecular formula is C12H7N3O7. The topological polar surface area (TPSA) is 139 Å². The molecule has 0 spiro atoms. The van der Waals surface area contributed by atoms with Gasteiger partial charge in [-0.1, -0.05) is 18.2 Å². The number of hydrogen-bond donors (Lipinski definition) is 0. The zero-order valence-corrected chi connectivity index (χ0v) is 10.7. The molecule has 0 aliphatic heterocycles. The van der Waals surface area contributed by atoms with Crippen LogP contribution in [0.2, 0.25) is 0 Å². The molecule has 22 heavy (non-hydrogen) atoms. The Morgan fingerprint density at radius 1 is 0.727 bits per heavy atom. The second-order valence-electron chi connectivity index (χ2n) is 3.97. The first-order valence-electron chi connectivity index (χ1n) is 5.75. The van der Waals surface area contributed by atoms with Crippen LogP contribution >= 0.6 is 0 Å². The maximum atomic E-state index is 11.1. The van der Waals surface area contributed by atoms with Crippen molar-refractivity contribution in [3.05, 3.63) is 72.8 Å². The van der Waals surface area contributed by atoms with Crippen molar-refractivity contribution >= 4 is 17.1 Å². The number of nitro groups is 3. The van der Waals surface area contributed by atoms with Gasteiger partial charge in [0.2, 0.25) is 5.75 Å². The Morgan fingerprint density at radius 2 is 1.32 bits per heavy atom. The van der Waals surface area contributed by atoms with E-state index in [1.54, 1.807) is 18.2 Å². The van der Waals surface area contributed by atoms with Gasteiger partial charge in [-0.15, -0.1) is 0 Å². The van der Waals surface area contributed by atoms with Crippen LogP contribution in [-0.2, 0) is 0 Å². The lowest BCUT2D eigenvalue weighted by molar-refractivity contribution is -0.441. The number of nitro benzene ring substituents is 3. The smallest absolute Gasteiger partial charge is 0.426 e. The molecule has 10 nitrogen and oxygen atoms in total. The highest BCUT2D eigenvalue weighted by atomic mass is 16.6. The summed E-state index contributed by atoms with van der Waals surface area (Å²) in [6.45, 7) is 0. The molecule has 2 rings (SSSR count). The number of ether oxygens (including phenoxy) is 1. The molecule has 0 radical (unpaired) electrons. The summed E-state index contributed by atoms with van der Waals surface area (Å²) >= 11 is 0. The highest BCUT2D eigenvalue weighted by Crippen LogP contribution is 2.44. The van der Waals surface area contributed by atoms with Gasteiger partial charge < -0.3 is 4.74 Å². The minimum atomic E-state index is -1.22. The van der Waals surface area contributed by atoms with E-state index in [2.05, 4.69) is 0 Å². The van der Waals surface area contributed by atoms with Crippen LogP contribution in [0.1, 0.15) is 0 Å². The lowest BCUT2D eigenvalue weighted by Crippen LogP contribution is -2.03. The SMILES string of the molecule is O=[N+]([O-])c1ccc(Oc2ccccc2)c([N+](=O)[O-])c1[N+](=O)[O-]. The number of hydrogen-bond acceptors (Lipinski definition) is 7. The van der Waals surface area contributed by atoms with E-state index < -0.39 is 37.6 Å². The van der Waals surface area contributed by atoms with Crippen LogP contribution in [0.5, 0.6) is 11.5 Å². The summed E-state index contributed by atoms with van der Waals surface area (Å²) in [4.78, 5) is 29.6. The van der Waals surface area contributed by atoms with Gasteiger partial charge in [-0.25, -0.2) is 0 Å². The van der Waals surface area contributed by atoms with Crippen molar-refractivity contribution in [1.29, 1.82) is 0 Å². The fraction of sp³-hybridized carbons (Fsp3) is 0. The summed E-state index contributed by atoms with van der Waals surface area (Å²) in [5.41, 5.74) is -3.26. The molecule has 2 aromatic carbocycles. The van der Waals surface area contributed by atoms with Gasteiger partial charge in [0, 0.05) is 6.07 Å². The van der Waals surface area contributed by atoms with Gasteiger partial charge in [-0.3, -0.25) is 30.3 Å². The van der Waals surface area contributed by atoms with Crippen molar-refractivity contribution in [3.8, 4) is 11.5 Å². The summed E-state index contributed by atoms with van der Waals surface area (Å²) < 4.78 is 5.23. The van der Waals surface area contributed by atoms with Gasteiger partial charge in [0.05, 0.1) is 14.8 Å². The molecule has 0 N–H and O–H groups in total. The van der Waals surface area contributed by atoms with Crippen molar-refractivity contribution < 1.29 is 19.5 Å². The number of benzene rings is 2. The first-order chi connectivity index (χ1) is 10.4. The monoisotopic (exact) mass is 305 g/mol. The summed E-state index contributed by atoms with van der Waals surface area (Å²) in [5.74, 6) is -0.248. The predicted molar refractivity (Wildman–Crippen MR) is 72.9 cm³/mol. The van der Waals surface area contributed by atoms with E-state index in [1.807, 2.05) is 0 Å². The lowest BCUT2D eigenvalue weighted by Gasteiger charge is -2.06. The van der Waals surface area contributed by atoms with Crippen LogP contribution < -0.4 is 4.74 Å². The van der Waals surface area contributed by atoms with E-state index in [1.165, 1.54) is 12.1 Å². The van der Waals surface area contributed by atoms with Crippen LogP contribution in [0.3, 0.4) is 0 Å². The summed E-state index contributed by atoms with van der Waals surface area (Å²) in [7, 11) is 0. The Bertz CT molecular complexity index is 761. The number of rotatable bonds is 5. The second kappa shape index (κ2) is 5.83. The summed E-state index contributed by atoms with van der Waals surface area (Å²) in [5, 5.41) is 32.9. The fourth-order valence-electron chi connectivity index (χ4n) is 1.75. The molecular weight excluding hydrogens is 298 g/mol. The molecule has 0 saturated carbocycles. The van der Waals surface area contributed by atoms with Gasteiger partial charge in [0.25, 0.3) is 0 Å². The third-order valence-corrected chi connectivity index (χ3v) is 2.63. The molecule has 2 aromatic rings. The molecule has 0 saturated heterocycles. The third-order valence-electron chi connectivity index (χ3n) is 2.63. The van der Waals surface area contributed by atoms with Crippen LogP contribution in [0, 0.1) is 30.3 Å². The van der Waals surface area contributed by atoms with Gasteiger partial charge in [-0.2, -0.15) is 0 Å². The molecule has 0 unspecified atom stereocenters. The molecule has 10 heteroatoms. The van der Waals surface area contributed by atoms with Crippen molar-refractivity contribution in [3.63, 3.8) is 0 Å². The van der Waals surface area contributed by atoms with Gasteiger partial charge in [0.1, 0.15) is 5.75 Å². The minimum Gasteiger partial charge on any atom is -0.450 e. The Labute approximate surface area is 122 Å². The molecule has 0 fully saturated rings. The maximum absolute atomic E-state index is 11.1. The summed E-state index contributed by atoms with van der Waals surface area (Å²) in [6, 6.07) is 9.59. The van der Waals surface area contributed by atoms with Crippen molar-refractivity contribution in [2.75, 3.05) is 0 Å². The molecule has 0 aromatic heterocycles. The molecule has 112 valence electrons. The molecule has 0 amide bonds. The molecule has 0 bridgehead atoms. The van der Waals surface area contributed by atoms with E-state index in [0.717, 1.165) is 12.1 Å². The first kappa shape index (κ1) is 14.8. The molecule has 0 aliphatic rings. The molecule has 0 heterocycles. The van der Waals surface area contributed by atoms with Gasteiger partial charge >= 0.3 is 17.1 Å². The van der Waals surface area contributed by atoms with Crippen LogP contribution in [0.25, 0.3) is 0 Å². The zero-order chi connectivity index (χ0) is 16.3. The predicted octanol–water partition coefficient (Wildman–Crippen LogP) is 3.20. The van der Waals surface area contributed by atoms with E-state index in [-0.39, 0.29) is 5.75 Å². The average Bonchev–Trinajstić information content (AvgIpc) is 2.47. The van der Waals surface area contributed by atoms with Crippen molar-refractivity contribution in [1.82, 2.24) is 0 Å². The second-order valence-corrected chi connectivity index (χ2v) is 3.97. The first-order valence-corrected chi connectivity index (χ1v) is 5.75. The van der Waals surface area contributed by atoms with E-state index in [4.69, 9.17) is 4.74 Å². The van der Waals surface area contributed by atoms with Crippen LogP contribution in [-0.4, -0.2) is 14.8 Å². The Hall–Kier alpha value is -3.56. The minimum absolute atomic E-state index is 0.203. The van der Waals surface area contributed by atoms with Crippen LogP contribution in [0.15, 0.2) is 42.5 Å². The number of nitrogens with zero attached hydrogens (tertiary/aromatic N) is 3. The largest absolute Gasteiger partial charge is 0.450 e. The van der Waals surface area contributed by atoms with E-state index in [0.29, 0.717) is 0 Å². The maximum Gasteiger partial charge on any atom is 0.426 e. The van der Waals surface area contributed by atoms with Gasteiger partial charge in [0.15, 0.2) is 0 Å². The summed E-state index contributed by atoms with van der Waals surface area (Å²) in [6.07, 6.45) is 0. The normalized spacial score (nSPS) is 10.0.